The standard InChI is InChI=1S/C15H29N3O2/c1-5-10-18(11-6-2)14(20)15(7-8-15)13(19)16-9-12-17(3)4/h5-12H2,1-4H3,(H,16,19). The Bertz CT molecular complexity index is 332. The molecular weight excluding hydrogens is 254 g/mol. The molecule has 1 aliphatic carbocycles. The van der Waals surface area contributed by atoms with Crippen LogP contribution in [0.5, 0.6) is 0 Å². The predicted molar refractivity (Wildman–Crippen MR) is 80.4 cm³/mol. The molecule has 1 rings (SSSR count). The lowest BCUT2D eigenvalue weighted by Crippen LogP contribution is -2.46. The van der Waals surface area contributed by atoms with Crippen molar-refractivity contribution < 1.29 is 9.59 Å². The molecule has 0 radical (unpaired) electrons. The first-order valence-corrected chi connectivity index (χ1v) is 7.70. The number of carbonyl (C=O) groups excluding carboxylic acids is 2. The van der Waals surface area contributed by atoms with Crippen LogP contribution in [-0.2, 0) is 9.59 Å². The lowest BCUT2D eigenvalue weighted by atomic mass is 10.0. The van der Waals surface area contributed by atoms with Gasteiger partial charge in [0.15, 0.2) is 0 Å². The molecule has 5 heteroatoms. The number of amides is 2. The van der Waals surface area contributed by atoms with Gasteiger partial charge < -0.3 is 15.1 Å². The summed E-state index contributed by atoms with van der Waals surface area (Å²) in [5.41, 5.74) is -0.753. The van der Waals surface area contributed by atoms with Gasteiger partial charge in [0.2, 0.25) is 11.8 Å². The number of likely N-dealkylation sites (N-methyl/N-ethyl adjacent to an activating group) is 1. The van der Waals surface area contributed by atoms with Crippen molar-refractivity contribution in [3.63, 3.8) is 0 Å². The summed E-state index contributed by atoms with van der Waals surface area (Å²) in [4.78, 5) is 28.8. The fraction of sp³-hybridized carbons (Fsp3) is 0.867. The second-order valence-electron chi connectivity index (χ2n) is 5.93. The van der Waals surface area contributed by atoms with E-state index >= 15 is 0 Å². The van der Waals surface area contributed by atoms with E-state index in [0.717, 1.165) is 32.5 Å². The monoisotopic (exact) mass is 283 g/mol. The number of nitrogens with zero attached hydrogens (tertiary/aromatic N) is 2. The van der Waals surface area contributed by atoms with Crippen LogP contribution in [-0.4, -0.2) is 61.9 Å². The zero-order valence-corrected chi connectivity index (χ0v) is 13.4. The molecular formula is C15H29N3O2. The van der Waals surface area contributed by atoms with E-state index in [-0.39, 0.29) is 11.8 Å². The Balaban J connectivity index is 2.58. The second kappa shape index (κ2) is 7.62. The fourth-order valence-corrected chi connectivity index (χ4v) is 2.38. The molecule has 0 saturated heterocycles. The van der Waals surface area contributed by atoms with E-state index < -0.39 is 5.41 Å². The Morgan fingerprint density at radius 1 is 1.05 bits per heavy atom. The van der Waals surface area contributed by atoms with E-state index in [1.54, 1.807) is 0 Å². The maximum atomic E-state index is 12.6. The van der Waals surface area contributed by atoms with Gasteiger partial charge in [-0.1, -0.05) is 13.8 Å². The van der Waals surface area contributed by atoms with Crippen molar-refractivity contribution in [3.05, 3.63) is 0 Å². The predicted octanol–water partition coefficient (Wildman–Crippen LogP) is 1.09. The van der Waals surface area contributed by atoms with Gasteiger partial charge in [-0.3, -0.25) is 9.59 Å². The summed E-state index contributed by atoms with van der Waals surface area (Å²) in [7, 11) is 3.93. The molecule has 0 heterocycles. The molecule has 1 saturated carbocycles. The summed E-state index contributed by atoms with van der Waals surface area (Å²) >= 11 is 0. The number of hydrogen-bond donors (Lipinski definition) is 1. The van der Waals surface area contributed by atoms with Gasteiger partial charge in [0.1, 0.15) is 5.41 Å². The number of nitrogens with one attached hydrogen (secondary N) is 1. The molecule has 20 heavy (non-hydrogen) atoms. The van der Waals surface area contributed by atoms with Crippen LogP contribution in [0, 0.1) is 5.41 Å². The van der Waals surface area contributed by atoms with Crippen molar-refractivity contribution in [1.82, 2.24) is 15.1 Å². The molecule has 1 aliphatic rings. The van der Waals surface area contributed by atoms with Crippen molar-refractivity contribution >= 4 is 11.8 Å². The summed E-state index contributed by atoms with van der Waals surface area (Å²) in [6, 6.07) is 0. The zero-order chi connectivity index (χ0) is 15.2. The minimum absolute atomic E-state index is 0.0311. The normalized spacial score (nSPS) is 16.1. The Morgan fingerprint density at radius 3 is 2.00 bits per heavy atom. The molecule has 0 aromatic rings. The molecule has 2 amide bonds. The van der Waals surface area contributed by atoms with Crippen LogP contribution in [0.4, 0.5) is 0 Å². The van der Waals surface area contributed by atoms with Crippen molar-refractivity contribution in [2.24, 2.45) is 5.41 Å². The first-order valence-electron chi connectivity index (χ1n) is 7.70. The quantitative estimate of drug-likeness (QED) is 0.645. The third kappa shape index (κ3) is 4.20. The van der Waals surface area contributed by atoms with Gasteiger partial charge in [0, 0.05) is 26.2 Å². The minimum atomic E-state index is -0.753. The van der Waals surface area contributed by atoms with E-state index in [2.05, 4.69) is 19.2 Å². The summed E-state index contributed by atoms with van der Waals surface area (Å²) < 4.78 is 0. The van der Waals surface area contributed by atoms with Gasteiger partial charge in [-0.25, -0.2) is 0 Å². The van der Waals surface area contributed by atoms with E-state index in [9.17, 15) is 9.59 Å². The van der Waals surface area contributed by atoms with Crippen molar-refractivity contribution in [3.8, 4) is 0 Å². The van der Waals surface area contributed by atoms with Crippen LogP contribution in [0.25, 0.3) is 0 Å². The van der Waals surface area contributed by atoms with Crippen LogP contribution in [0.2, 0.25) is 0 Å². The van der Waals surface area contributed by atoms with Crippen molar-refractivity contribution in [2.75, 3.05) is 40.3 Å². The second-order valence-corrected chi connectivity index (χ2v) is 5.93. The summed E-state index contributed by atoms with van der Waals surface area (Å²) in [6.07, 6.45) is 3.27. The van der Waals surface area contributed by atoms with Gasteiger partial charge >= 0.3 is 0 Å². The van der Waals surface area contributed by atoms with Gasteiger partial charge in [-0.05, 0) is 39.8 Å². The van der Waals surface area contributed by atoms with Crippen LogP contribution >= 0.6 is 0 Å². The Labute approximate surface area is 122 Å². The van der Waals surface area contributed by atoms with Crippen LogP contribution in [0.3, 0.4) is 0 Å². The lowest BCUT2D eigenvalue weighted by Gasteiger charge is -2.26. The molecule has 0 aliphatic heterocycles. The molecule has 1 N–H and O–H groups in total. The van der Waals surface area contributed by atoms with E-state index in [1.807, 2.05) is 23.9 Å². The van der Waals surface area contributed by atoms with Gasteiger partial charge in [0.25, 0.3) is 0 Å². The summed E-state index contributed by atoms with van der Waals surface area (Å²) in [5, 5.41) is 2.91. The third-order valence-corrected chi connectivity index (χ3v) is 3.71. The Hall–Kier alpha value is -1.10. The SMILES string of the molecule is CCCN(CCC)C(=O)C1(C(=O)NCCN(C)C)CC1. The number of rotatable bonds is 9. The average Bonchev–Trinajstić information content (AvgIpc) is 3.18. The van der Waals surface area contributed by atoms with Gasteiger partial charge in [0.05, 0.1) is 0 Å². The molecule has 0 bridgehead atoms. The first kappa shape index (κ1) is 17.0. The Kier molecular flexibility index (Phi) is 6.46. The zero-order valence-electron chi connectivity index (χ0n) is 13.4. The van der Waals surface area contributed by atoms with E-state index in [0.29, 0.717) is 19.4 Å². The molecule has 0 atom stereocenters. The van der Waals surface area contributed by atoms with Gasteiger partial charge in [-0.15, -0.1) is 0 Å². The maximum Gasteiger partial charge on any atom is 0.238 e. The minimum Gasteiger partial charge on any atom is -0.354 e. The molecule has 0 aromatic heterocycles. The van der Waals surface area contributed by atoms with Crippen LogP contribution < -0.4 is 5.32 Å². The molecule has 0 spiro atoms. The highest BCUT2D eigenvalue weighted by Crippen LogP contribution is 2.47. The van der Waals surface area contributed by atoms with Crippen molar-refractivity contribution in [2.45, 2.75) is 39.5 Å². The lowest BCUT2D eigenvalue weighted by molar-refractivity contribution is -0.144. The third-order valence-electron chi connectivity index (χ3n) is 3.71. The maximum absolute atomic E-state index is 12.6. The topological polar surface area (TPSA) is 52.7 Å². The van der Waals surface area contributed by atoms with Crippen molar-refractivity contribution in [1.29, 1.82) is 0 Å². The summed E-state index contributed by atoms with van der Waals surface area (Å²) in [6.45, 7) is 7.02. The molecule has 0 aromatic carbocycles. The van der Waals surface area contributed by atoms with Crippen LogP contribution in [0.15, 0.2) is 0 Å². The first-order chi connectivity index (χ1) is 9.47. The summed E-state index contributed by atoms with van der Waals surface area (Å²) in [5.74, 6) is -0.0508. The Morgan fingerprint density at radius 2 is 1.60 bits per heavy atom. The van der Waals surface area contributed by atoms with Gasteiger partial charge in [-0.2, -0.15) is 0 Å². The smallest absolute Gasteiger partial charge is 0.238 e. The molecule has 1 fully saturated rings. The molecule has 116 valence electrons. The fourth-order valence-electron chi connectivity index (χ4n) is 2.38. The molecule has 0 unspecified atom stereocenters. The largest absolute Gasteiger partial charge is 0.354 e. The number of hydrogen-bond acceptors (Lipinski definition) is 3. The van der Waals surface area contributed by atoms with E-state index in [4.69, 9.17) is 0 Å². The highest BCUT2D eigenvalue weighted by molar-refractivity contribution is 6.07. The highest BCUT2D eigenvalue weighted by Gasteiger charge is 2.57. The number of carbonyl (C=O) groups is 2. The van der Waals surface area contributed by atoms with Crippen LogP contribution in [0.1, 0.15) is 39.5 Å². The highest BCUT2D eigenvalue weighted by atomic mass is 16.2. The average molecular weight is 283 g/mol. The molecule has 5 nitrogen and oxygen atoms in total. The van der Waals surface area contributed by atoms with E-state index in [1.165, 1.54) is 0 Å².